The summed E-state index contributed by atoms with van der Waals surface area (Å²) >= 11 is 0. The molecule has 1 saturated carbocycles. The zero-order chi connectivity index (χ0) is 18.1. The van der Waals surface area contributed by atoms with Crippen LogP contribution in [0.4, 0.5) is 0 Å². The Bertz CT molecular complexity index is 830. The molecule has 1 N–H and O–H groups in total. The number of ether oxygens (including phenoxy) is 1. The molecule has 1 unspecified atom stereocenters. The molecule has 136 valence electrons. The van der Waals surface area contributed by atoms with Crippen LogP contribution in [0.25, 0.3) is 11.4 Å². The number of carbonyl (C=O) groups is 2. The van der Waals surface area contributed by atoms with Gasteiger partial charge in [-0.15, -0.1) is 0 Å². The van der Waals surface area contributed by atoms with Gasteiger partial charge in [0.15, 0.2) is 0 Å². The number of hydrogen-bond donors (Lipinski definition) is 1. The zero-order valence-corrected chi connectivity index (χ0v) is 14.1. The molecule has 1 amide bonds. The highest BCUT2D eigenvalue weighted by molar-refractivity contribution is 5.95. The molecule has 2 aromatic rings. The summed E-state index contributed by atoms with van der Waals surface area (Å²) in [7, 11) is 0. The average Bonchev–Trinajstić information content (AvgIpc) is 3.38. The van der Waals surface area contributed by atoms with Gasteiger partial charge >= 0.3 is 5.97 Å². The van der Waals surface area contributed by atoms with E-state index < -0.39 is 12.1 Å². The van der Waals surface area contributed by atoms with Crippen molar-refractivity contribution in [1.82, 2.24) is 15.0 Å². The number of carboxylic acids is 1. The summed E-state index contributed by atoms with van der Waals surface area (Å²) in [6, 6.07) is 7.09. The standard InChI is InChI=1S/C18H19N3O5/c22-15(23)9-14-10-21(6-7-25-14)18(24)13-3-1-2-12(8-13)16-19-17(26-20-16)11-4-5-11/h1-3,8,11,14H,4-7,9-10H2,(H,22,23). The Morgan fingerprint density at radius 1 is 1.31 bits per heavy atom. The first-order valence-electron chi connectivity index (χ1n) is 8.67. The molecule has 2 heterocycles. The number of carbonyl (C=O) groups excluding carboxylic acids is 1. The third kappa shape index (κ3) is 3.60. The van der Waals surface area contributed by atoms with E-state index >= 15 is 0 Å². The normalized spacial score (nSPS) is 20.2. The molecule has 1 aliphatic heterocycles. The number of morpholine rings is 1. The van der Waals surface area contributed by atoms with E-state index in [2.05, 4.69) is 10.1 Å². The van der Waals surface area contributed by atoms with Gasteiger partial charge < -0.3 is 19.3 Å². The highest BCUT2D eigenvalue weighted by atomic mass is 16.5. The van der Waals surface area contributed by atoms with Crippen molar-refractivity contribution >= 4 is 11.9 Å². The molecule has 2 aliphatic rings. The van der Waals surface area contributed by atoms with Crippen LogP contribution >= 0.6 is 0 Å². The largest absolute Gasteiger partial charge is 0.481 e. The fraction of sp³-hybridized carbons (Fsp3) is 0.444. The second kappa shape index (κ2) is 6.87. The van der Waals surface area contributed by atoms with E-state index in [4.69, 9.17) is 14.4 Å². The van der Waals surface area contributed by atoms with E-state index in [1.165, 1.54) is 0 Å². The number of aliphatic carboxylic acids is 1. The Hall–Kier alpha value is -2.74. The van der Waals surface area contributed by atoms with Crippen molar-refractivity contribution in [2.45, 2.75) is 31.3 Å². The van der Waals surface area contributed by atoms with E-state index in [-0.39, 0.29) is 18.9 Å². The second-order valence-corrected chi connectivity index (χ2v) is 6.65. The van der Waals surface area contributed by atoms with Gasteiger partial charge in [0.25, 0.3) is 5.91 Å². The topological polar surface area (TPSA) is 106 Å². The monoisotopic (exact) mass is 357 g/mol. The molecular formula is C18H19N3O5. The van der Waals surface area contributed by atoms with Gasteiger partial charge in [0.05, 0.1) is 19.1 Å². The summed E-state index contributed by atoms with van der Waals surface area (Å²) in [4.78, 5) is 29.7. The molecule has 4 rings (SSSR count). The van der Waals surface area contributed by atoms with Crippen LogP contribution in [0.15, 0.2) is 28.8 Å². The van der Waals surface area contributed by atoms with Crippen LogP contribution in [0.3, 0.4) is 0 Å². The lowest BCUT2D eigenvalue weighted by Crippen LogP contribution is -2.46. The second-order valence-electron chi connectivity index (χ2n) is 6.65. The van der Waals surface area contributed by atoms with Crippen LogP contribution in [-0.4, -0.2) is 57.8 Å². The Kier molecular flexibility index (Phi) is 4.42. The first-order valence-corrected chi connectivity index (χ1v) is 8.67. The van der Waals surface area contributed by atoms with Crippen LogP contribution in [0, 0.1) is 0 Å². The molecule has 0 bridgehead atoms. The van der Waals surface area contributed by atoms with Crippen molar-refractivity contribution in [3.63, 3.8) is 0 Å². The summed E-state index contributed by atoms with van der Waals surface area (Å²) in [5, 5.41) is 12.9. The highest BCUT2D eigenvalue weighted by Crippen LogP contribution is 2.39. The number of nitrogens with zero attached hydrogens (tertiary/aromatic N) is 3. The van der Waals surface area contributed by atoms with Gasteiger partial charge in [0.2, 0.25) is 11.7 Å². The molecule has 1 aliphatic carbocycles. The fourth-order valence-electron chi connectivity index (χ4n) is 3.04. The summed E-state index contributed by atoms with van der Waals surface area (Å²) in [5.74, 6) is 0.417. The molecular weight excluding hydrogens is 338 g/mol. The van der Waals surface area contributed by atoms with Gasteiger partial charge in [-0.3, -0.25) is 9.59 Å². The van der Waals surface area contributed by atoms with Crippen molar-refractivity contribution in [2.75, 3.05) is 19.7 Å². The summed E-state index contributed by atoms with van der Waals surface area (Å²) < 4.78 is 10.7. The van der Waals surface area contributed by atoms with Gasteiger partial charge in [-0.1, -0.05) is 17.3 Å². The molecule has 0 spiro atoms. The van der Waals surface area contributed by atoms with Crippen LogP contribution in [0.2, 0.25) is 0 Å². The Morgan fingerprint density at radius 3 is 2.92 bits per heavy atom. The van der Waals surface area contributed by atoms with Crippen molar-refractivity contribution < 1.29 is 24.0 Å². The number of aromatic nitrogens is 2. The van der Waals surface area contributed by atoms with Gasteiger partial charge in [0.1, 0.15) is 0 Å². The fourth-order valence-corrected chi connectivity index (χ4v) is 3.04. The quantitative estimate of drug-likeness (QED) is 0.871. The third-order valence-corrected chi connectivity index (χ3v) is 4.56. The van der Waals surface area contributed by atoms with Crippen molar-refractivity contribution in [2.24, 2.45) is 0 Å². The van der Waals surface area contributed by atoms with Gasteiger partial charge in [-0.05, 0) is 25.0 Å². The Labute approximate surface area is 149 Å². The van der Waals surface area contributed by atoms with Crippen molar-refractivity contribution in [1.29, 1.82) is 0 Å². The maximum absolute atomic E-state index is 12.8. The molecule has 1 aromatic heterocycles. The van der Waals surface area contributed by atoms with E-state index in [9.17, 15) is 9.59 Å². The highest BCUT2D eigenvalue weighted by Gasteiger charge is 2.30. The molecule has 8 nitrogen and oxygen atoms in total. The third-order valence-electron chi connectivity index (χ3n) is 4.56. The number of carboxylic acid groups (broad SMARTS) is 1. The van der Waals surface area contributed by atoms with E-state index in [0.29, 0.717) is 36.3 Å². The van der Waals surface area contributed by atoms with E-state index in [1.54, 1.807) is 23.1 Å². The number of rotatable bonds is 5. The molecule has 1 atom stereocenters. The maximum Gasteiger partial charge on any atom is 0.306 e. The minimum absolute atomic E-state index is 0.114. The van der Waals surface area contributed by atoms with Crippen molar-refractivity contribution in [3.05, 3.63) is 35.7 Å². The average molecular weight is 357 g/mol. The first kappa shape index (κ1) is 16.7. The van der Waals surface area contributed by atoms with Gasteiger partial charge in [-0.2, -0.15) is 4.98 Å². The summed E-state index contributed by atoms with van der Waals surface area (Å²) in [6.45, 7) is 1.04. The minimum atomic E-state index is -0.935. The molecule has 1 aromatic carbocycles. The Balaban J connectivity index is 1.49. The SMILES string of the molecule is O=C(O)CC1CN(C(=O)c2cccc(-c3noc(C4CC4)n3)c2)CCO1. The lowest BCUT2D eigenvalue weighted by Gasteiger charge is -2.32. The predicted octanol–water partition coefficient (Wildman–Crippen LogP) is 1.93. The van der Waals surface area contributed by atoms with Crippen molar-refractivity contribution in [3.8, 4) is 11.4 Å². The number of benzene rings is 1. The van der Waals surface area contributed by atoms with E-state index in [1.807, 2.05) is 6.07 Å². The van der Waals surface area contributed by atoms with Crippen LogP contribution in [0.1, 0.15) is 41.4 Å². The predicted molar refractivity (Wildman–Crippen MR) is 89.6 cm³/mol. The smallest absolute Gasteiger partial charge is 0.306 e. The lowest BCUT2D eigenvalue weighted by atomic mass is 10.1. The lowest BCUT2D eigenvalue weighted by molar-refractivity contribution is -0.141. The van der Waals surface area contributed by atoms with E-state index in [0.717, 1.165) is 18.4 Å². The molecule has 26 heavy (non-hydrogen) atoms. The van der Waals surface area contributed by atoms with Gasteiger partial charge in [-0.25, -0.2) is 0 Å². The molecule has 2 fully saturated rings. The summed E-state index contributed by atoms with van der Waals surface area (Å²) in [6.07, 6.45) is 1.56. The van der Waals surface area contributed by atoms with Gasteiger partial charge in [0, 0.05) is 30.1 Å². The zero-order valence-electron chi connectivity index (χ0n) is 14.1. The first-order chi connectivity index (χ1) is 12.6. The minimum Gasteiger partial charge on any atom is -0.481 e. The maximum atomic E-state index is 12.8. The number of amides is 1. The summed E-state index contributed by atoms with van der Waals surface area (Å²) in [5.41, 5.74) is 1.23. The molecule has 8 heteroatoms. The molecule has 1 saturated heterocycles. The van der Waals surface area contributed by atoms with Crippen LogP contribution < -0.4 is 0 Å². The number of hydrogen-bond acceptors (Lipinski definition) is 6. The molecule has 0 radical (unpaired) electrons. The van der Waals surface area contributed by atoms with Crippen LogP contribution in [0.5, 0.6) is 0 Å². The van der Waals surface area contributed by atoms with Crippen LogP contribution in [-0.2, 0) is 9.53 Å². The Morgan fingerprint density at radius 2 is 2.15 bits per heavy atom.